The van der Waals surface area contributed by atoms with Crippen molar-refractivity contribution in [2.24, 2.45) is 0 Å². The minimum atomic E-state index is -1.51. The predicted molar refractivity (Wildman–Crippen MR) is 180 cm³/mol. The topological polar surface area (TPSA) is 82.4 Å². The van der Waals surface area contributed by atoms with Gasteiger partial charge in [-0.15, -0.1) is 6.42 Å². The van der Waals surface area contributed by atoms with Gasteiger partial charge in [0.2, 0.25) is 0 Å². The molecule has 1 saturated heterocycles. The molecule has 0 spiro atoms. The lowest BCUT2D eigenvalue weighted by Crippen LogP contribution is -2.39. The van der Waals surface area contributed by atoms with Gasteiger partial charge >= 0.3 is 0 Å². The van der Waals surface area contributed by atoms with Crippen molar-refractivity contribution in [2.75, 3.05) is 27.4 Å². The fraction of sp³-hybridized carbons (Fsp3) is 0.432. The molecule has 0 aromatic heterocycles. The lowest BCUT2D eigenvalue weighted by molar-refractivity contribution is -0.0736. The van der Waals surface area contributed by atoms with Gasteiger partial charge in [0.25, 0.3) is 8.53 Å². The summed E-state index contributed by atoms with van der Waals surface area (Å²) in [4.78, 5) is 0. The Balaban J connectivity index is 1.74. The van der Waals surface area contributed by atoms with Gasteiger partial charge in [0, 0.05) is 18.5 Å². The number of methoxy groups -OCH3 is 2. The van der Waals surface area contributed by atoms with E-state index in [1.54, 1.807) is 14.2 Å². The van der Waals surface area contributed by atoms with E-state index in [1.807, 2.05) is 66.7 Å². The van der Waals surface area contributed by atoms with Gasteiger partial charge in [-0.3, -0.25) is 0 Å². The minimum absolute atomic E-state index is 0.157. The van der Waals surface area contributed by atoms with Crippen LogP contribution >= 0.6 is 8.53 Å². The Labute approximate surface area is 275 Å². The summed E-state index contributed by atoms with van der Waals surface area (Å²) >= 11 is 0. The average molecular weight is 645 g/mol. The molecule has 4 atom stereocenters. The minimum Gasteiger partial charge on any atom is -0.497 e. The van der Waals surface area contributed by atoms with Crippen LogP contribution in [0.4, 0.5) is 0 Å². The van der Waals surface area contributed by atoms with E-state index in [9.17, 15) is 0 Å². The Morgan fingerprint density at radius 3 is 1.91 bits per heavy atom. The van der Waals surface area contributed by atoms with Gasteiger partial charge in [0.05, 0.1) is 46.0 Å². The average Bonchev–Trinajstić information content (AvgIpc) is 3.47. The van der Waals surface area contributed by atoms with Gasteiger partial charge in [-0.1, -0.05) is 60.5 Å². The van der Waals surface area contributed by atoms with Crippen molar-refractivity contribution in [3.8, 4) is 29.9 Å². The van der Waals surface area contributed by atoms with Gasteiger partial charge in [0.15, 0.2) is 0 Å². The first-order valence-corrected chi connectivity index (χ1v) is 16.8. The highest BCUT2D eigenvalue weighted by atomic mass is 31.2. The number of hydrogen-bond acceptors (Lipinski definition) is 8. The molecular weight excluding hydrogens is 599 g/mol. The Morgan fingerprint density at radius 2 is 1.43 bits per heavy atom. The van der Waals surface area contributed by atoms with Crippen LogP contribution in [-0.4, -0.2) is 62.5 Å². The van der Waals surface area contributed by atoms with Crippen LogP contribution in [0.3, 0.4) is 0 Å². The first-order chi connectivity index (χ1) is 22.3. The highest BCUT2D eigenvalue weighted by Gasteiger charge is 2.44. The zero-order chi connectivity index (χ0) is 33.1. The van der Waals surface area contributed by atoms with Gasteiger partial charge in [-0.2, -0.15) is 5.26 Å². The molecule has 0 bridgehead atoms. The van der Waals surface area contributed by atoms with Gasteiger partial charge in [-0.05, 0) is 68.7 Å². The van der Waals surface area contributed by atoms with E-state index in [-0.39, 0.29) is 31.7 Å². The van der Waals surface area contributed by atoms with Crippen molar-refractivity contribution < 1.29 is 28.0 Å². The highest BCUT2D eigenvalue weighted by Crippen LogP contribution is 2.50. The van der Waals surface area contributed by atoms with Crippen LogP contribution in [0.5, 0.6) is 11.5 Å². The number of nitriles is 1. The first kappa shape index (κ1) is 35.4. The number of ether oxygens (including phenoxy) is 4. The van der Waals surface area contributed by atoms with Crippen LogP contribution in [0.1, 0.15) is 57.2 Å². The maximum atomic E-state index is 9.17. The monoisotopic (exact) mass is 644 g/mol. The van der Waals surface area contributed by atoms with Crippen molar-refractivity contribution in [2.45, 2.75) is 76.5 Å². The molecule has 8 nitrogen and oxygen atoms in total. The molecule has 46 heavy (non-hydrogen) atoms. The van der Waals surface area contributed by atoms with Crippen molar-refractivity contribution in [1.29, 1.82) is 5.26 Å². The summed E-state index contributed by atoms with van der Waals surface area (Å²) in [7, 11) is 1.79. The normalized spacial score (nSPS) is 18.8. The Morgan fingerprint density at radius 1 is 0.891 bits per heavy atom. The molecule has 3 aromatic rings. The molecule has 4 rings (SSSR count). The molecule has 1 fully saturated rings. The van der Waals surface area contributed by atoms with Crippen molar-refractivity contribution >= 4 is 8.53 Å². The van der Waals surface area contributed by atoms with Crippen molar-refractivity contribution in [3.05, 3.63) is 95.6 Å². The molecule has 3 aromatic carbocycles. The molecule has 0 aliphatic carbocycles. The summed E-state index contributed by atoms with van der Waals surface area (Å²) in [5, 5.41) is 9.17. The maximum Gasteiger partial charge on any atom is 0.259 e. The first-order valence-electron chi connectivity index (χ1n) is 15.6. The quantitative estimate of drug-likeness (QED) is 0.0688. The summed E-state index contributed by atoms with van der Waals surface area (Å²) in [6.07, 6.45) is 5.35. The molecule has 1 unspecified atom stereocenters. The lowest BCUT2D eigenvalue weighted by atomic mass is 9.80. The van der Waals surface area contributed by atoms with Crippen LogP contribution in [0.15, 0.2) is 78.9 Å². The van der Waals surface area contributed by atoms with Crippen molar-refractivity contribution in [3.63, 3.8) is 0 Å². The lowest BCUT2D eigenvalue weighted by Gasteiger charge is -2.39. The van der Waals surface area contributed by atoms with Gasteiger partial charge in [-0.25, -0.2) is 4.67 Å². The zero-order valence-corrected chi connectivity index (χ0v) is 28.5. The third kappa shape index (κ3) is 8.27. The van der Waals surface area contributed by atoms with Crippen molar-refractivity contribution in [1.82, 2.24) is 4.67 Å². The van der Waals surface area contributed by atoms with Crippen LogP contribution in [0.2, 0.25) is 0 Å². The molecule has 1 aliphatic rings. The molecular formula is C37H45N2O6P. The standard InChI is InChI=1S/C37H45N2O6P/c1-8-32-25-35(45-46(43-24-12-23-38)39(27(2)3)28(4)5)36(44-32)26-42-37(29-13-10-9-11-14-29,30-15-19-33(40-6)20-16-30)31-17-21-34(41-7)22-18-31/h1,9-11,13-22,27-28,32,35-36H,12,24-26H2,2-7H3/t32-,35-,36+,46?/m0/s1. The number of benzene rings is 3. The second-order valence-corrected chi connectivity index (χ2v) is 13.0. The zero-order valence-electron chi connectivity index (χ0n) is 27.6. The smallest absolute Gasteiger partial charge is 0.259 e. The molecule has 1 heterocycles. The Hall–Kier alpha value is -3.46. The summed E-state index contributed by atoms with van der Waals surface area (Å²) in [5.74, 6) is 4.26. The van der Waals surface area contributed by atoms with Crippen LogP contribution in [-0.2, 0) is 24.1 Å². The van der Waals surface area contributed by atoms with E-state index < -0.39 is 32.4 Å². The summed E-state index contributed by atoms with van der Waals surface area (Å²) < 4.78 is 39.7. The molecule has 1 aliphatic heterocycles. The number of hydrogen-bond donors (Lipinski definition) is 0. The molecule has 0 saturated carbocycles. The van der Waals surface area contributed by atoms with Crippen LogP contribution < -0.4 is 9.47 Å². The molecule has 244 valence electrons. The van der Waals surface area contributed by atoms with Crippen LogP contribution in [0.25, 0.3) is 0 Å². The second-order valence-electron chi connectivity index (χ2n) is 11.6. The van der Waals surface area contributed by atoms with Gasteiger partial charge in [0.1, 0.15) is 29.3 Å². The highest BCUT2D eigenvalue weighted by molar-refractivity contribution is 7.44. The SMILES string of the molecule is C#C[C@H]1C[C@H](OP(OCCC#N)N(C(C)C)C(C)C)[C@@H](COC(c2ccccc2)(c2ccc(OC)cc2)c2ccc(OC)cc2)O1. The molecule has 9 heteroatoms. The van der Waals surface area contributed by atoms with Crippen LogP contribution in [0, 0.1) is 23.7 Å². The third-order valence-corrected chi connectivity index (χ3v) is 10.1. The molecule has 0 amide bonds. The Kier molecular flexibility index (Phi) is 13.0. The largest absolute Gasteiger partial charge is 0.497 e. The van der Waals surface area contributed by atoms with E-state index in [0.717, 1.165) is 28.2 Å². The van der Waals surface area contributed by atoms with E-state index in [2.05, 4.69) is 56.5 Å². The molecule has 0 N–H and O–H groups in total. The number of nitrogens with zero attached hydrogens (tertiary/aromatic N) is 2. The third-order valence-electron chi connectivity index (χ3n) is 7.91. The Bertz CT molecular complexity index is 1380. The summed E-state index contributed by atoms with van der Waals surface area (Å²) in [6.45, 7) is 8.90. The van der Waals surface area contributed by atoms with Gasteiger partial charge < -0.3 is 28.0 Å². The number of rotatable bonds is 16. The second kappa shape index (κ2) is 16.9. The fourth-order valence-electron chi connectivity index (χ4n) is 5.77. The summed E-state index contributed by atoms with van der Waals surface area (Å²) in [6, 6.07) is 28.4. The fourth-order valence-corrected chi connectivity index (χ4v) is 7.53. The van der Waals surface area contributed by atoms with E-state index in [0.29, 0.717) is 6.42 Å². The predicted octanol–water partition coefficient (Wildman–Crippen LogP) is 7.46. The summed E-state index contributed by atoms with van der Waals surface area (Å²) in [5.41, 5.74) is 1.77. The van der Waals surface area contributed by atoms with E-state index in [1.165, 1.54) is 0 Å². The molecule has 0 radical (unpaired) electrons. The van der Waals surface area contributed by atoms with E-state index in [4.69, 9.17) is 39.7 Å². The van der Waals surface area contributed by atoms with E-state index >= 15 is 0 Å². The number of terminal acetylenes is 1. The maximum absolute atomic E-state index is 9.17.